The van der Waals surface area contributed by atoms with Crippen molar-refractivity contribution in [1.29, 1.82) is 0 Å². The van der Waals surface area contributed by atoms with Crippen molar-refractivity contribution >= 4 is 77.4 Å². The molecule has 0 amide bonds. The van der Waals surface area contributed by atoms with Crippen LogP contribution in [0.1, 0.15) is 0 Å². The highest BCUT2D eigenvalue weighted by Gasteiger charge is 2.26. The van der Waals surface area contributed by atoms with Crippen LogP contribution in [0, 0.1) is 0 Å². The molecule has 22 nitrogen and oxygen atoms in total. The summed E-state index contributed by atoms with van der Waals surface area (Å²) in [6.45, 7) is 7.86. The highest BCUT2D eigenvalue weighted by molar-refractivity contribution is 7.88. The lowest BCUT2D eigenvalue weighted by atomic mass is 10.2. The van der Waals surface area contributed by atoms with E-state index in [4.69, 9.17) is 25.7 Å². The number of hydrogen-bond donors (Lipinski definition) is 4. The summed E-state index contributed by atoms with van der Waals surface area (Å²) in [6, 6.07) is 30.5. The number of para-hydroxylation sites is 2. The molecule has 72 heavy (non-hydrogen) atoms. The molecule has 0 saturated carbocycles. The average molecular weight is 989 g/mol. The Morgan fingerprint density at radius 2 is 0.972 bits per heavy atom. The molecule has 12 rings (SSSR count). The maximum atomic E-state index is 11.6. The van der Waals surface area contributed by atoms with E-state index in [-0.39, 0.29) is 18.0 Å². The molecule has 5 N–H and O–H groups in total. The van der Waals surface area contributed by atoms with Crippen molar-refractivity contribution in [3.8, 4) is 23.1 Å². The zero-order chi connectivity index (χ0) is 49.3. The molecule has 2 aliphatic heterocycles. The van der Waals surface area contributed by atoms with E-state index in [0.29, 0.717) is 72.9 Å². The van der Waals surface area contributed by atoms with Gasteiger partial charge in [-0.3, -0.25) is 0 Å². The minimum absolute atomic E-state index is 0.217. The van der Waals surface area contributed by atoms with E-state index in [9.17, 15) is 18.6 Å². The number of nitrogens with zero attached hydrogens (tertiary/aromatic N) is 16. The first kappa shape index (κ1) is 46.0. The van der Waals surface area contributed by atoms with Gasteiger partial charge in [-0.05, 0) is 60.7 Å². The number of phenolic OH excluding ortho intramolecular Hbond substituents is 2. The third-order valence-corrected chi connectivity index (χ3v) is 13.6. The number of aromatic hydroxyl groups is 2. The Hall–Kier alpha value is -8.41. The molecule has 2 aliphatic rings. The van der Waals surface area contributed by atoms with Crippen molar-refractivity contribution in [2.45, 2.75) is 13.1 Å². The third-order valence-electron chi connectivity index (χ3n) is 12.9. The molecule has 6 aromatic heterocycles. The molecule has 10 aromatic rings. The number of piperazine rings is 2. The van der Waals surface area contributed by atoms with Gasteiger partial charge in [-0.15, -0.1) is 0 Å². The molecule has 0 aliphatic carbocycles. The summed E-state index contributed by atoms with van der Waals surface area (Å²) in [7, 11) is -3.31. The Morgan fingerprint density at radius 3 is 1.40 bits per heavy atom. The van der Waals surface area contributed by atoms with Crippen molar-refractivity contribution in [3.63, 3.8) is 0 Å². The molecule has 23 heteroatoms. The number of sulfonamides is 1. The number of nitrogens with one attached hydrogen (secondary N) is 1. The first-order valence-electron chi connectivity index (χ1n) is 23.6. The van der Waals surface area contributed by atoms with Crippen LogP contribution in [-0.2, 0) is 23.1 Å². The number of hydrogen-bond acceptors (Lipinski definition) is 17. The van der Waals surface area contributed by atoms with Crippen LogP contribution in [0.4, 0.5) is 23.3 Å². The largest absolute Gasteiger partial charge is 0.508 e. The average Bonchev–Trinajstić information content (AvgIpc) is 4.22. The predicted molar refractivity (Wildman–Crippen MR) is 277 cm³/mol. The van der Waals surface area contributed by atoms with Gasteiger partial charge in [0.2, 0.25) is 21.9 Å². The second kappa shape index (κ2) is 19.4. The van der Waals surface area contributed by atoms with Crippen molar-refractivity contribution < 1.29 is 18.6 Å². The van der Waals surface area contributed by atoms with Gasteiger partial charge >= 0.3 is 0 Å². The quantitative estimate of drug-likeness (QED) is 0.136. The monoisotopic (exact) mass is 988 g/mol. The number of benzene rings is 4. The van der Waals surface area contributed by atoms with Gasteiger partial charge in [-0.25, -0.2) is 32.5 Å². The molecule has 0 radical (unpaired) electrons. The van der Waals surface area contributed by atoms with Crippen molar-refractivity contribution in [2.75, 3.05) is 91.3 Å². The summed E-state index contributed by atoms with van der Waals surface area (Å²) < 4.78 is 33.1. The van der Waals surface area contributed by atoms with E-state index in [2.05, 4.69) is 44.5 Å². The molecule has 0 bridgehead atoms. The third kappa shape index (κ3) is 9.34. The zero-order valence-electron chi connectivity index (χ0n) is 39.4. The van der Waals surface area contributed by atoms with E-state index in [1.807, 2.05) is 92.8 Å². The van der Waals surface area contributed by atoms with Crippen LogP contribution in [-0.4, -0.2) is 149 Å². The molecule has 8 heterocycles. The standard InChI is InChI=1S/C25H27N9O3S.C24H25N9O/c1-38(36,37)28-10-11-33-17-26-22-23(33)29-25(30-24(22)34-21-5-3-2-4-18(21)16-27-34)32-14-12-31(13-15-32)19-6-8-20(35)9-7-19;25-9-10-32-16-26-21-22(32)28-24(29-23(21)33-20-4-2-1-3-17(20)15-27-33)31-13-11-30(12-14-31)18-5-7-19(34)8-6-18/h2-9,16-17,28,35H,10-15H2,1H3;1-8,15-16,34H,9-14,25H2. The molecule has 0 unspecified atom stereocenters. The van der Waals surface area contributed by atoms with Gasteiger partial charge in [-0.2, -0.15) is 30.1 Å². The fourth-order valence-electron chi connectivity index (χ4n) is 9.17. The molecule has 4 aromatic carbocycles. The van der Waals surface area contributed by atoms with E-state index in [0.717, 1.165) is 84.4 Å². The van der Waals surface area contributed by atoms with Gasteiger partial charge in [-0.1, -0.05) is 36.4 Å². The molecular weight excluding hydrogens is 937 g/mol. The normalized spacial score (nSPS) is 14.5. The van der Waals surface area contributed by atoms with Crippen LogP contribution in [0.2, 0.25) is 0 Å². The van der Waals surface area contributed by atoms with Crippen LogP contribution in [0.3, 0.4) is 0 Å². The van der Waals surface area contributed by atoms with E-state index < -0.39 is 10.0 Å². The van der Waals surface area contributed by atoms with Crippen molar-refractivity contribution in [3.05, 3.63) is 122 Å². The lowest BCUT2D eigenvalue weighted by Gasteiger charge is -2.36. The Kier molecular flexibility index (Phi) is 12.4. The summed E-state index contributed by atoms with van der Waals surface area (Å²) >= 11 is 0. The predicted octanol–water partition coefficient (Wildman–Crippen LogP) is 3.90. The molecular formula is C49H52N18O4S. The van der Waals surface area contributed by atoms with Crippen LogP contribution in [0.25, 0.3) is 55.8 Å². The Balaban J connectivity index is 0.000000157. The number of nitrogens with two attached hydrogens (primary N) is 1. The van der Waals surface area contributed by atoms with Gasteiger partial charge in [0.15, 0.2) is 34.0 Å². The van der Waals surface area contributed by atoms with Gasteiger partial charge < -0.3 is 44.7 Å². The zero-order valence-corrected chi connectivity index (χ0v) is 40.2. The summed E-state index contributed by atoms with van der Waals surface area (Å²) in [5.74, 6) is 2.98. The molecule has 2 fully saturated rings. The van der Waals surface area contributed by atoms with E-state index in [1.165, 1.54) is 0 Å². The van der Waals surface area contributed by atoms with Crippen LogP contribution in [0.15, 0.2) is 122 Å². The minimum atomic E-state index is -3.31. The Morgan fingerprint density at radius 1 is 0.556 bits per heavy atom. The van der Waals surface area contributed by atoms with Gasteiger partial charge in [0, 0.05) is 101 Å². The highest BCUT2D eigenvalue weighted by atomic mass is 32.2. The van der Waals surface area contributed by atoms with Gasteiger partial charge in [0.1, 0.15) is 11.5 Å². The second-order valence-corrected chi connectivity index (χ2v) is 19.4. The highest BCUT2D eigenvalue weighted by Crippen LogP contribution is 2.29. The summed E-state index contributed by atoms with van der Waals surface area (Å²) in [5.41, 5.74) is 12.5. The van der Waals surface area contributed by atoms with Crippen LogP contribution < -0.4 is 30.1 Å². The van der Waals surface area contributed by atoms with Crippen molar-refractivity contribution in [2.24, 2.45) is 5.73 Å². The van der Waals surface area contributed by atoms with E-state index >= 15 is 0 Å². The maximum Gasteiger partial charge on any atom is 0.229 e. The Labute approximate surface area is 413 Å². The van der Waals surface area contributed by atoms with Gasteiger partial charge in [0.05, 0.1) is 42.3 Å². The van der Waals surface area contributed by atoms with E-state index in [1.54, 1.807) is 47.8 Å². The first-order valence-corrected chi connectivity index (χ1v) is 25.5. The molecule has 368 valence electrons. The second-order valence-electron chi connectivity index (χ2n) is 17.6. The number of anilines is 4. The smallest absolute Gasteiger partial charge is 0.229 e. The number of phenols is 2. The molecule has 2 saturated heterocycles. The summed E-state index contributed by atoms with van der Waals surface area (Å²) in [5, 5.41) is 30.4. The topological polar surface area (TPSA) is 248 Å². The fraction of sp³-hybridized carbons (Fsp3) is 0.265. The number of rotatable bonds is 12. The lowest BCUT2D eigenvalue weighted by molar-refractivity contribution is 0.474. The molecule has 0 spiro atoms. The molecule has 0 atom stereocenters. The number of imidazole rings is 2. The lowest BCUT2D eigenvalue weighted by Crippen LogP contribution is -2.47. The summed E-state index contributed by atoms with van der Waals surface area (Å²) in [4.78, 5) is 37.8. The SMILES string of the molecule is CS(=O)(=O)NCCn1cnc2c(-n3ncc4ccccc43)nc(N3CCN(c4ccc(O)cc4)CC3)nc21.NCCn1cnc2c(-n3ncc4ccccc43)nc(N3CCN(c4ccc(O)cc4)CC3)nc21. The summed E-state index contributed by atoms with van der Waals surface area (Å²) in [6.07, 6.45) is 8.21. The first-order chi connectivity index (χ1) is 35.1. The maximum absolute atomic E-state index is 11.6. The number of aromatic nitrogens is 12. The number of fused-ring (bicyclic) bond motifs is 4. The minimum Gasteiger partial charge on any atom is -0.508 e. The van der Waals surface area contributed by atoms with Crippen LogP contribution in [0.5, 0.6) is 11.5 Å². The van der Waals surface area contributed by atoms with Gasteiger partial charge in [0.25, 0.3) is 0 Å². The van der Waals surface area contributed by atoms with Crippen molar-refractivity contribution in [1.82, 2.24) is 63.3 Å². The fourth-order valence-corrected chi connectivity index (χ4v) is 9.63. The Bertz CT molecular complexity index is 3630. The van der Waals surface area contributed by atoms with Crippen LogP contribution >= 0.6 is 0 Å².